The molecule has 2 N–H and O–H groups in total. The van der Waals surface area contributed by atoms with Gasteiger partial charge >= 0.3 is 6.09 Å². The van der Waals surface area contributed by atoms with Crippen molar-refractivity contribution in [3.8, 4) is 0 Å². The van der Waals surface area contributed by atoms with Crippen LogP contribution in [0.1, 0.15) is 59.4 Å². The maximum atomic E-state index is 14.2. The van der Waals surface area contributed by atoms with E-state index in [0.29, 0.717) is 29.7 Å². The third-order valence-electron chi connectivity index (χ3n) is 7.00. The fourth-order valence-electron chi connectivity index (χ4n) is 5.22. The van der Waals surface area contributed by atoms with Gasteiger partial charge in [-0.15, -0.1) is 0 Å². The van der Waals surface area contributed by atoms with Crippen LogP contribution in [0.25, 0.3) is 0 Å². The van der Waals surface area contributed by atoms with Crippen LogP contribution in [0.4, 0.5) is 9.18 Å². The lowest BCUT2D eigenvalue weighted by atomic mass is 9.39. The Bertz CT molecular complexity index is 1230. The van der Waals surface area contributed by atoms with Crippen molar-refractivity contribution in [1.29, 1.82) is 0 Å². The second-order valence-electron chi connectivity index (χ2n) is 12.1. The molecule has 3 aliphatic rings. The molecule has 2 bridgehead atoms. The van der Waals surface area contributed by atoms with E-state index in [1.54, 1.807) is 39.0 Å². The van der Waals surface area contributed by atoms with Gasteiger partial charge in [-0.2, -0.15) is 0 Å². The minimum atomic E-state index is -1.49. The smallest absolute Gasteiger partial charge is 0.408 e. The first-order valence-corrected chi connectivity index (χ1v) is 14.1. The number of nitrogens with one attached hydrogen (secondary N) is 2. The van der Waals surface area contributed by atoms with Crippen LogP contribution < -0.4 is 10.6 Å². The zero-order valence-corrected chi connectivity index (χ0v) is 24.0. The molecule has 206 valence electrons. The van der Waals surface area contributed by atoms with Gasteiger partial charge in [0.25, 0.3) is 0 Å². The number of benzene rings is 2. The summed E-state index contributed by atoms with van der Waals surface area (Å²) in [6.45, 7) is 9.50. The molecule has 3 fully saturated rings. The Morgan fingerprint density at radius 2 is 1.71 bits per heavy atom. The van der Waals surface area contributed by atoms with Crippen LogP contribution in [0, 0.1) is 11.2 Å². The molecule has 2 amide bonds. The van der Waals surface area contributed by atoms with Gasteiger partial charge in [-0.25, -0.2) is 17.7 Å². The van der Waals surface area contributed by atoms with E-state index in [2.05, 4.69) is 10.6 Å². The largest absolute Gasteiger partial charge is 0.444 e. The summed E-state index contributed by atoms with van der Waals surface area (Å²) < 4.78 is 35.0. The maximum Gasteiger partial charge on any atom is 0.408 e. The van der Waals surface area contributed by atoms with Gasteiger partial charge in [-0.1, -0.05) is 35.9 Å². The van der Waals surface area contributed by atoms with Gasteiger partial charge in [0.05, 0.1) is 20.9 Å². The minimum Gasteiger partial charge on any atom is -0.444 e. The van der Waals surface area contributed by atoms with E-state index in [1.807, 2.05) is 36.4 Å². The molecule has 38 heavy (non-hydrogen) atoms. The van der Waals surface area contributed by atoms with E-state index >= 15 is 0 Å². The number of hydrogen-bond donors (Lipinski definition) is 2. The van der Waals surface area contributed by atoms with E-state index < -0.39 is 45.0 Å². The molecule has 5 rings (SSSR count). The van der Waals surface area contributed by atoms with Crippen molar-refractivity contribution < 1.29 is 22.9 Å². The van der Waals surface area contributed by atoms with E-state index in [0.717, 1.165) is 0 Å². The van der Waals surface area contributed by atoms with E-state index in [-0.39, 0.29) is 24.0 Å². The molecule has 7 nitrogen and oxygen atoms in total. The number of halogens is 2. The SMILES string of the molecule is CC(C)(CNC(=O)C12CC(N(Cc3ccc(Cl)c(F)c3)S(=O)c3ccccc3)(C1)C2)NC(=O)OC(C)(C)C. The molecule has 0 aliphatic heterocycles. The van der Waals surface area contributed by atoms with Gasteiger partial charge in [0, 0.05) is 18.6 Å². The van der Waals surface area contributed by atoms with Crippen LogP contribution in [0.3, 0.4) is 0 Å². The second kappa shape index (κ2) is 10.2. The zero-order valence-electron chi connectivity index (χ0n) is 22.4. The highest BCUT2D eigenvalue weighted by atomic mass is 35.5. The van der Waals surface area contributed by atoms with Crippen LogP contribution in [0.5, 0.6) is 0 Å². The molecule has 2 aromatic carbocycles. The zero-order chi connectivity index (χ0) is 27.9. The van der Waals surface area contributed by atoms with E-state index in [4.69, 9.17) is 16.3 Å². The number of amides is 2. The van der Waals surface area contributed by atoms with Gasteiger partial charge in [0.1, 0.15) is 22.4 Å². The van der Waals surface area contributed by atoms with Crippen molar-refractivity contribution in [1.82, 2.24) is 14.9 Å². The lowest BCUT2D eigenvalue weighted by Gasteiger charge is -2.72. The fraction of sp³-hybridized carbons (Fsp3) is 0.500. The Labute approximate surface area is 231 Å². The Balaban J connectivity index is 1.41. The Morgan fingerprint density at radius 1 is 1.08 bits per heavy atom. The van der Waals surface area contributed by atoms with Crippen LogP contribution in [0.15, 0.2) is 53.4 Å². The monoisotopic (exact) mass is 563 g/mol. The summed E-state index contributed by atoms with van der Waals surface area (Å²) in [4.78, 5) is 26.0. The van der Waals surface area contributed by atoms with Gasteiger partial charge in [0.2, 0.25) is 5.91 Å². The van der Waals surface area contributed by atoms with Gasteiger partial charge in [-0.05, 0) is 83.7 Å². The number of nitrogens with zero attached hydrogens (tertiary/aromatic N) is 1. The summed E-state index contributed by atoms with van der Waals surface area (Å²) in [6, 6.07) is 13.7. The normalized spacial score (nSPS) is 23.2. The topological polar surface area (TPSA) is 87.7 Å². The molecule has 3 saturated carbocycles. The number of ether oxygens (including phenoxy) is 1. The molecule has 3 aliphatic carbocycles. The summed E-state index contributed by atoms with van der Waals surface area (Å²) in [7, 11) is -1.49. The predicted octanol–water partition coefficient (Wildman–Crippen LogP) is 5.35. The summed E-state index contributed by atoms with van der Waals surface area (Å²) >= 11 is 5.86. The lowest BCUT2D eigenvalue weighted by Crippen LogP contribution is -2.78. The number of alkyl carbamates (subject to hydrolysis) is 1. The summed E-state index contributed by atoms with van der Waals surface area (Å²) in [6.07, 6.45) is 1.13. The first-order chi connectivity index (χ1) is 17.6. The van der Waals surface area contributed by atoms with Crippen LogP contribution in [-0.4, -0.2) is 43.7 Å². The molecule has 1 atom stereocenters. The van der Waals surface area contributed by atoms with Gasteiger partial charge in [-0.3, -0.25) is 4.79 Å². The van der Waals surface area contributed by atoms with Gasteiger partial charge in [0.15, 0.2) is 0 Å². The molecule has 10 heteroatoms. The number of rotatable bonds is 9. The van der Waals surface area contributed by atoms with Crippen molar-refractivity contribution in [2.24, 2.45) is 5.41 Å². The third-order valence-corrected chi connectivity index (χ3v) is 8.90. The first-order valence-electron chi connectivity index (χ1n) is 12.6. The molecule has 0 radical (unpaired) electrons. The molecule has 0 spiro atoms. The molecular formula is C28H35ClFN3O4S. The molecule has 0 heterocycles. The molecule has 1 unspecified atom stereocenters. The fourth-order valence-corrected chi connectivity index (χ4v) is 6.80. The average molecular weight is 564 g/mol. The standard InChI is InChI=1S/C28H35ClFN3O4S/c1-25(2,3)37-24(35)32-26(4,5)18-31-23(34)27-15-28(16-27,17-27)33(38(36)20-9-7-6-8-10-20)14-19-11-12-21(29)22(30)13-19/h6-13H,14-18H2,1-5H3,(H,31,34)(H,32,35). The summed E-state index contributed by atoms with van der Waals surface area (Å²) in [5.41, 5.74) is -1.62. The Morgan fingerprint density at radius 3 is 2.29 bits per heavy atom. The number of carbonyl (C=O) groups is 2. The molecule has 2 aromatic rings. The molecule has 0 saturated heterocycles. The van der Waals surface area contributed by atoms with Crippen molar-refractivity contribution in [3.63, 3.8) is 0 Å². The van der Waals surface area contributed by atoms with Crippen LogP contribution >= 0.6 is 11.6 Å². The van der Waals surface area contributed by atoms with Crippen LogP contribution in [0.2, 0.25) is 5.02 Å². The van der Waals surface area contributed by atoms with E-state index in [1.165, 1.54) is 12.1 Å². The molecular weight excluding hydrogens is 529 g/mol. The van der Waals surface area contributed by atoms with E-state index in [9.17, 15) is 18.2 Å². The van der Waals surface area contributed by atoms with Crippen molar-refractivity contribution in [2.75, 3.05) is 6.54 Å². The van der Waals surface area contributed by atoms with Crippen molar-refractivity contribution in [2.45, 2.75) is 82.0 Å². The predicted molar refractivity (Wildman–Crippen MR) is 145 cm³/mol. The Kier molecular flexibility index (Phi) is 7.69. The number of hydrogen-bond acceptors (Lipinski definition) is 4. The first kappa shape index (κ1) is 28.5. The Hall–Kier alpha value is -2.49. The minimum absolute atomic E-state index is 0.0368. The summed E-state index contributed by atoms with van der Waals surface area (Å²) in [5, 5.41) is 5.82. The maximum absolute atomic E-state index is 14.2. The quantitative estimate of drug-likeness (QED) is 0.431. The highest BCUT2D eigenvalue weighted by Gasteiger charge is 2.74. The second-order valence-corrected chi connectivity index (χ2v) is 13.9. The van der Waals surface area contributed by atoms with Gasteiger partial charge < -0.3 is 15.4 Å². The van der Waals surface area contributed by atoms with Crippen molar-refractivity contribution in [3.05, 3.63) is 64.9 Å². The van der Waals surface area contributed by atoms with Crippen LogP contribution in [-0.2, 0) is 27.1 Å². The molecule has 0 aromatic heterocycles. The highest BCUT2D eigenvalue weighted by molar-refractivity contribution is 7.82. The average Bonchev–Trinajstić information content (AvgIpc) is 2.76. The third kappa shape index (κ3) is 6.05. The lowest BCUT2D eigenvalue weighted by molar-refractivity contribution is -0.201. The highest BCUT2D eigenvalue weighted by Crippen LogP contribution is 2.70. The summed E-state index contributed by atoms with van der Waals surface area (Å²) in [5.74, 6) is -0.605. The number of carbonyl (C=O) groups excluding carboxylic acids is 2. The van der Waals surface area contributed by atoms with Crippen molar-refractivity contribution >= 4 is 34.6 Å².